The van der Waals surface area contributed by atoms with E-state index in [1.807, 2.05) is 31.2 Å². The van der Waals surface area contributed by atoms with Gasteiger partial charge in [0.05, 0.1) is 11.7 Å². The van der Waals surface area contributed by atoms with E-state index in [2.05, 4.69) is 21.2 Å². The SMILES string of the molecule is Cc1cccc(C(=O)NC2(C(=O)O)Cc3ccc(Br)cc3C2)c1OC1CCC1. The third-order valence-corrected chi connectivity index (χ3v) is 6.20. The average Bonchev–Trinajstić information content (AvgIpc) is 2.97. The number of fused-ring (bicyclic) bond motifs is 1. The van der Waals surface area contributed by atoms with Crippen LogP contribution in [-0.4, -0.2) is 28.6 Å². The zero-order valence-corrected chi connectivity index (χ0v) is 17.2. The molecule has 0 radical (unpaired) electrons. The zero-order chi connectivity index (χ0) is 19.9. The van der Waals surface area contributed by atoms with Crippen molar-refractivity contribution in [1.82, 2.24) is 5.32 Å². The topological polar surface area (TPSA) is 75.6 Å². The summed E-state index contributed by atoms with van der Waals surface area (Å²) in [6, 6.07) is 11.1. The molecule has 146 valence electrons. The van der Waals surface area contributed by atoms with E-state index in [1.54, 1.807) is 12.1 Å². The Hall–Kier alpha value is -2.34. The van der Waals surface area contributed by atoms with Crippen LogP contribution in [-0.2, 0) is 17.6 Å². The van der Waals surface area contributed by atoms with Crippen LogP contribution in [0.1, 0.15) is 46.3 Å². The van der Waals surface area contributed by atoms with Gasteiger partial charge in [0.15, 0.2) is 0 Å². The van der Waals surface area contributed by atoms with Crippen LogP contribution in [0.15, 0.2) is 40.9 Å². The van der Waals surface area contributed by atoms with E-state index in [-0.39, 0.29) is 18.9 Å². The van der Waals surface area contributed by atoms with Crippen molar-refractivity contribution < 1.29 is 19.4 Å². The monoisotopic (exact) mass is 443 g/mol. The minimum Gasteiger partial charge on any atom is -0.489 e. The Balaban J connectivity index is 1.62. The van der Waals surface area contributed by atoms with E-state index in [1.165, 1.54) is 0 Å². The fraction of sp³-hybridized carbons (Fsp3) is 0.364. The van der Waals surface area contributed by atoms with Gasteiger partial charge < -0.3 is 15.2 Å². The van der Waals surface area contributed by atoms with E-state index in [9.17, 15) is 14.7 Å². The maximum Gasteiger partial charge on any atom is 0.330 e. The predicted octanol–water partition coefficient (Wildman–Crippen LogP) is 4.04. The van der Waals surface area contributed by atoms with Gasteiger partial charge in [-0.3, -0.25) is 4.79 Å². The normalized spacial score (nSPS) is 20.9. The van der Waals surface area contributed by atoms with Gasteiger partial charge in [-0.2, -0.15) is 0 Å². The van der Waals surface area contributed by atoms with E-state index < -0.39 is 17.4 Å². The minimum absolute atomic E-state index is 0.133. The number of carboxylic acid groups (broad SMARTS) is 1. The molecule has 0 aliphatic heterocycles. The number of aliphatic carboxylic acids is 1. The van der Waals surface area contributed by atoms with E-state index in [0.29, 0.717) is 11.3 Å². The average molecular weight is 444 g/mol. The maximum absolute atomic E-state index is 13.1. The standard InChI is InChI=1S/C22H22BrNO4/c1-13-4-2-7-18(19(13)28-17-5-3-6-17)20(25)24-22(21(26)27)11-14-8-9-16(23)10-15(14)12-22/h2,4,7-10,17H,3,5-6,11-12H2,1H3,(H,24,25)(H,26,27). The summed E-state index contributed by atoms with van der Waals surface area (Å²) in [4.78, 5) is 25.3. The number of nitrogens with one attached hydrogen (secondary N) is 1. The highest BCUT2D eigenvalue weighted by atomic mass is 79.9. The molecule has 4 rings (SSSR count). The highest BCUT2D eigenvalue weighted by Gasteiger charge is 2.46. The number of aryl methyl sites for hydroxylation is 1. The lowest BCUT2D eigenvalue weighted by Gasteiger charge is -2.29. The summed E-state index contributed by atoms with van der Waals surface area (Å²) in [5.74, 6) is -0.877. The van der Waals surface area contributed by atoms with E-state index in [4.69, 9.17) is 4.74 Å². The Morgan fingerprint density at radius 3 is 2.61 bits per heavy atom. The van der Waals surface area contributed by atoms with Crippen LogP contribution >= 0.6 is 15.9 Å². The molecule has 1 atom stereocenters. The van der Waals surface area contributed by atoms with Gasteiger partial charge in [0.2, 0.25) is 0 Å². The fourth-order valence-corrected chi connectivity index (χ4v) is 4.27. The van der Waals surface area contributed by atoms with Crippen LogP contribution in [0.3, 0.4) is 0 Å². The van der Waals surface area contributed by atoms with Crippen molar-refractivity contribution in [2.45, 2.75) is 50.7 Å². The number of amides is 1. The zero-order valence-electron chi connectivity index (χ0n) is 15.6. The molecule has 0 saturated heterocycles. The third kappa shape index (κ3) is 3.41. The molecule has 0 bridgehead atoms. The second kappa shape index (κ2) is 7.24. The molecule has 5 nitrogen and oxygen atoms in total. The molecule has 2 aromatic rings. The number of hydrogen-bond acceptors (Lipinski definition) is 3. The molecule has 6 heteroatoms. The summed E-state index contributed by atoms with van der Waals surface area (Å²) in [5.41, 5.74) is 1.80. The molecule has 2 aliphatic carbocycles. The first-order valence-corrected chi connectivity index (χ1v) is 10.3. The summed E-state index contributed by atoms with van der Waals surface area (Å²) in [7, 11) is 0. The molecule has 1 amide bonds. The number of ether oxygens (including phenoxy) is 1. The van der Waals surface area contributed by atoms with Crippen molar-refractivity contribution >= 4 is 27.8 Å². The van der Waals surface area contributed by atoms with Gasteiger partial charge >= 0.3 is 5.97 Å². The largest absolute Gasteiger partial charge is 0.489 e. The van der Waals surface area contributed by atoms with Crippen LogP contribution in [0.4, 0.5) is 0 Å². The Bertz CT molecular complexity index is 954. The Kier molecular flexibility index (Phi) is 4.91. The summed E-state index contributed by atoms with van der Waals surface area (Å²) in [6.07, 6.45) is 3.76. The van der Waals surface area contributed by atoms with Crippen molar-refractivity contribution in [3.05, 3.63) is 63.1 Å². The minimum atomic E-state index is -1.35. The summed E-state index contributed by atoms with van der Waals surface area (Å²) >= 11 is 3.43. The van der Waals surface area contributed by atoms with Crippen molar-refractivity contribution in [1.29, 1.82) is 0 Å². The highest BCUT2D eigenvalue weighted by molar-refractivity contribution is 9.10. The smallest absolute Gasteiger partial charge is 0.330 e. The summed E-state index contributed by atoms with van der Waals surface area (Å²) < 4.78 is 6.95. The highest BCUT2D eigenvalue weighted by Crippen LogP contribution is 2.34. The molecule has 1 fully saturated rings. The Morgan fingerprint density at radius 1 is 1.18 bits per heavy atom. The van der Waals surface area contributed by atoms with E-state index in [0.717, 1.165) is 40.4 Å². The number of carbonyl (C=O) groups is 2. The molecule has 1 unspecified atom stereocenters. The lowest BCUT2D eigenvalue weighted by atomic mass is 9.94. The van der Waals surface area contributed by atoms with Crippen molar-refractivity contribution in [2.24, 2.45) is 0 Å². The second-order valence-corrected chi connectivity index (χ2v) is 8.65. The molecule has 2 aromatic carbocycles. The molecule has 28 heavy (non-hydrogen) atoms. The first kappa shape index (κ1) is 19.0. The van der Waals surface area contributed by atoms with Crippen LogP contribution in [0.5, 0.6) is 5.75 Å². The van der Waals surface area contributed by atoms with Crippen LogP contribution in [0.25, 0.3) is 0 Å². The number of carboxylic acids is 1. The van der Waals surface area contributed by atoms with Crippen molar-refractivity contribution in [2.75, 3.05) is 0 Å². The number of para-hydroxylation sites is 1. The number of halogens is 1. The van der Waals surface area contributed by atoms with Gasteiger partial charge in [-0.25, -0.2) is 4.79 Å². The Morgan fingerprint density at radius 2 is 1.93 bits per heavy atom. The number of benzene rings is 2. The lowest BCUT2D eigenvalue weighted by Crippen LogP contribution is -2.55. The van der Waals surface area contributed by atoms with Crippen molar-refractivity contribution in [3.63, 3.8) is 0 Å². The predicted molar refractivity (Wildman–Crippen MR) is 109 cm³/mol. The van der Waals surface area contributed by atoms with E-state index >= 15 is 0 Å². The maximum atomic E-state index is 13.1. The van der Waals surface area contributed by atoms with Gasteiger partial charge in [0, 0.05) is 17.3 Å². The summed E-state index contributed by atoms with van der Waals surface area (Å²) in [5, 5.41) is 12.8. The quantitative estimate of drug-likeness (QED) is 0.730. The third-order valence-electron chi connectivity index (χ3n) is 5.71. The number of rotatable bonds is 5. The van der Waals surface area contributed by atoms with Gasteiger partial charge in [0.25, 0.3) is 5.91 Å². The molecule has 1 saturated carbocycles. The van der Waals surface area contributed by atoms with Gasteiger partial charge in [-0.15, -0.1) is 0 Å². The molecule has 0 heterocycles. The fourth-order valence-electron chi connectivity index (χ4n) is 3.86. The molecule has 0 aromatic heterocycles. The van der Waals surface area contributed by atoms with Gasteiger partial charge in [-0.1, -0.05) is 34.1 Å². The molecular weight excluding hydrogens is 422 g/mol. The Labute approximate surface area is 172 Å². The molecule has 0 spiro atoms. The lowest BCUT2D eigenvalue weighted by molar-refractivity contribution is -0.144. The van der Waals surface area contributed by atoms with Crippen LogP contribution in [0, 0.1) is 6.92 Å². The molecule has 2 N–H and O–H groups in total. The van der Waals surface area contributed by atoms with Gasteiger partial charge in [0.1, 0.15) is 11.3 Å². The first-order valence-electron chi connectivity index (χ1n) is 9.47. The number of hydrogen-bond donors (Lipinski definition) is 2. The van der Waals surface area contributed by atoms with Crippen molar-refractivity contribution in [3.8, 4) is 5.75 Å². The molecule has 2 aliphatic rings. The second-order valence-electron chi connectivity index (χ2n) is 7.73. The van der Waals surface area contributed by atoms with Crippen LogP contribution in [0.2, 0.25) is 0 Å². The number of carbonyl (C=O) groups excluding carboxylic acids is 1. The first-order chi connectivity index (χ1) is 13.4. The van der Waals surface area contributed by atoms with Gasteiger partial charge in [-0.05, 0) is 61.1 Å². The summed E-state index contributed by atoms with van der Waals surface area (Å²) in [6.45, 7) is 1.90. The molecular formula is C22H22BrNO4. The van der Waals surface area contributed by atoms with Crippen LogP contribution < -0.4 is 10.1 Å².